The lowest BCUT2D eigenvalue weighted by Gasteiger charge is -2.14. The number of carboxylic acid groups (broad SMARTS) is 1. The number of carbonyl (C=O) groups is 1. The molecule has 4 N–H and O–H groups in total. The topological polar surface area (TPSA) is 107 Å². The first-order chi connectivity index (χ1) is 8.06. The maximum absolute atomic E-state index is 10.5. The zero-order valence-electron chi connectivity index (χ0n) is 8.98. The lowest BCUT2D eigenvalue weighted by Crippen LogP contribution is -2.27. The van der Waals surface area contributed by atoms with Crippen LogP contribution < -0.4 is 4.74 Å². The first-order valence-electron chi connectivity index (χ1n) is 4.99. The number of benzene rings is 1. The van der Waals surface area contributed by atoms with Crippen molar-refractivity contribution in [1.29, 1.82) is 0 Å². The van der Waals surface area contributed by atoms with Gasteiger partial charge in [-0.15, -0.1) is 0 Å². The van der Waals surface area contributed by atoms with E-state index in [1.165, 1.54) is 24.3 Å². The van der Waals surface area contributed by atoms with Crippen molar-refractivity contribution in [3.8, 4) is 5.75 Å². The summed E-state index contributed by atoms with van der Waals surface area (Å²) in [4.78, 5) is 10.5. The molecule has 0 aliphatic heterocycles. The van der Waals surface area contributed by atoms with E-state index in [1.807, 2.05) is 0 Å². The van der Waals surface area contributed by atoms with Crippen molar-refractivity contribution in [1.82, 2.24) is 0 Å². The Kier molecular flexibility index (Phi) is 4.89. The van der Waals surface area contributed by atoms with Gasteiger partial charge in [-0.1, -0.05) is 12.1 Å². The van der Waals surface area contributed by atoms with E-state index in [0.29, 0.717) is 5.75 Å². The molecule has 94 valence electrons. The fraction of sp³-hybridized carbons (Fsp3) is 0.364. The van der Waals surface area contributed by atoms with Crippen molar-refractivity contribution < 1.29 is 30.0 Å². The van der Waals surface area contributed by atoms with Crippen molar-refractivity contribution in [3.63, 3.8) is 0 Å². The Bertz CT molecular complexity index is 361. The van der Waals surface area contributed by atoms with Gasteiger partial charge in [0, 0.05) is 0 Å². The Morgan fingerprint density at radius 3 is 2.29 bits per heavy atom. The van der Waals surface area contributed by atoms with Crippen LogP contribution in [0.25, 0.3) is 0 Å². The van der Waals surface area contributed by atoms with Crippen molar-refractivity contribution in [2.75, 3.05) is 13.2 Å². The molecule has 0 amide bonds. The van der Waals surface area contributed by atoms with Gasteiger partial charge in [0.1, 0.15) is 18.5 Å². The second kappa shape index (κ2) is 6.19. The Balaban J connectivity index is 2.69. The highest BCUT2D eigenvalue weighted by molar-refractivity contribution is 5.73. The van der Waals surface area contributed by atoms with E-state index in [-0.39, 0.29) is 18.8 Å². The molecule has 1 aromatic rings. The number of rotatable bonds is 6. The average Bonchev–Trinajstić information content (AvgIpc) is 2.35. The molecule has 17 heavy (non-hydrogen) atoms. The third-order valence-electron chi connectivity index (χ3n) is 2.13. The van der Waals surface area contributed by atoms with E-state index >= 15 is 0 Å². The lowest BCUT2D eigenvalue weighted by atomic mass is 10.0. The predicted molar refractivity (Wildman–Crippen MR) is 57.6 cm³/mol. The van der Waals surface area contributed by atoms with Crippen LogP contribution in [0.1, 0.15) is 11.7 Å². The summed E-state index contributed by atoms with van der Waals surface area (Å²) in [6.45, 7) is 0.0434. The fourth-order valence-corrected chi connectivity index (χ4v) is 1.24. The minimum atomic E-state index is -1.86. The number of aliphatic hydroxyl groups excluding tert-OH is 3. The van der Waals surface area contributed by atoms with Crippen LogP contribution in [0.4, 0.5) is 0 Å². The molecule has 6 nitrogen and oxygen atoms in total. The molecule has 2 atom stereocenters. The highest BCUT2D eigenvalue weighted by Crippen LogP contribution is 2.20. The van der Waals surface area contributed by atoms with Gasteiger partial charge in [0.15, 0.2) is 6.10 Å². The summed E-state index contributed by atoms with van der Waals surface area (Å²) in [6.07, 6.45) is -3.35. The van der Waals surface area contributed by atoms with Crippen LogP contribution >= 0.6 is 0 Å². The van der Waals surface area contributed by atoms with Crippen LogP contribution in [0.15, 0.2) is 24.3 Å². The Labute approximate surface area is 97.7 Å². The monoisotopic (exact) mass is 242 g/mol. The van der Waals surface area contributed by atoms with E-state index in [4.69, 9.17) is 20.1 Å². The summed E-state index contributed by atoms with van der Waals surface area (Å²) >= 11 is 0. The molecular weight excluding hydrogens is 228 g/mol. The maximum atomic E-state index is 10.5. The Morgan fingerprint density at radius 1 is 1.24 bits per heavy atom. The Morgan fingerprint density at radius 2 is 1.82 bits per heavy atom. The lowest BCUT2D eigenvalue weighted by molar-refractivity contribution is -0.153. The number of aliphatic carboxylic acids is 1. The van der Waals surface area contributed by atoms with Gasteiger partial charge in [-0.2, -0.15) is 0 Å². The molecule has 0 aliphatic carbocycles. The standard InChI is InChI=1S/C11H14O6/c12-5-6-17-8-3-1-7(2-4-8)9(13)10(14)11(15)16/h1-4,9-10,12-14H,5-6H2,(H,15,16). The Hall–Kier alpha value is -1.63. The van der Waals surface area contributed by atoms with Crippen LogP contribution in [0, 0.1) is 0 Å². The van der Waals surface area contributed by atoms with Crippen molar-refractivity contribution in [3.05, 3.63) is 29.8 Å². The molecule has 0 aromatic heterocycles. The normalized spacial score (nSPS) is 14.1. The van der Waals surface area contributed by atoms with Gasteiger partial charge in [0.05, 0.1) is 6.61 Å². The smallest absolute Gasteiger partial charge is 0.335 e. The summed E-state index contributed by atoms with van der Waals surface area (Å²) in [7, 11) is 0. The van der Waals surface area contributed by atoms with Crippen LogP contribution in [-0.2, 0) is 4.79 Å². The van der Waals surface area contributed by atoms with Gasteiger partial charge in [0.2, 0.25) is 0 Å². The summed E-state index contributed by atoms with van der Waals surface area (Å²) in [5.74, 6) is -1.00. The highest BCUT2D eigenvalue weighted by Gasteiger charge is 2.24. The number of aliphatic hydroxyl groups is 3. The molecule has 0 fully saturated rings. The number of hydrogen-bond donors (Lipinski definition) is 4. The molecular formula is C11H14O6. The van der Waals surface area contributed by atoms with Gasteiger partial charge in [-0.3, -0.25) is 0 Å². The van der Waals surface area contributed by atoms with E-state index in [9.17, 15) is 9.90 Å². The second-order valence-corrected chi connectivity index (χ2v) is 3.37. The highest BCUT2D eigenvalue weighted by atomic mass is 16.5. The van der Waals surface area contributed by atoms with E-state index in [1.54, 1.807) is 0 Å². The third kappa shape index (κ3) is 3.70. The van der Waals surface area contributed by atoms with Crippen LogP contribution in [0.2, 0.25) is 0 Å². The zero-order chi connectivity index (χ0) is 12.8. The maximum Gasteiger partial charge on any atom is 0.335 e. The molecule has 1 aromatic carbocycles. The number of carboxylic acids is 1. The first kappa shape index (κ1) is 13.4. The average molecular weight is 242 g/mol. The zero-order valence-corrected chi connectivity index (χ0v) is 8.98. The fourth-order valence-electron chi connectivity index (χ4n) is 1.24. The minimum Gasteiger partial charge on any atom is -0.491 e. The second-order valence-electron chi connectivity index (χ2n) is 3.37. The minimum absolute atomic E-state index is 0.109. The van der Waals surface area contributed by atoms with Crippen molar-refractivity contribution >= 4 is 5.97 Å². The quantitative estimate of drug-likeness (QED) is 0.537. The SMILES string of the molecule is O=C(O)C(O)C(O)c1ccc(OCCO)cc1. The van der Waals surface area contributed by atoms with Crippen molar-refractivity contribution in [2.24, 2.45) is 0 Å². The summed E-state index contributed by atoms with van der Waals surface area (Å²) in [5, 5.41) is 35.7. The van der Waals surface area contributed by atoms with Gasteiger partial charge < -0.3 is 25.2 Å². The van der Waals surface area contributed by atoms with Crippen molar-refractivity contribution in [2.45, 2.75) is 12.2 Å². The number of ether oxygens (including phenoxy) is 1. The molecule has 0 radical (unpaired) electrons. The molecule has 0 aliphatic rings. The van der Waals surface area contributed by atoms with Crippen LogP contribution in [-0.4, -0.2) is 45.7 Å². The molecule has 2 unspecified atom stereocenters. The van der Waals surface area contributed by atoms with E-state index in [2.05, 4.69) is 0 Å². The largest absolute Gasteiger partial charge is 0.491 e. The molecule has 0 heterocycles. The molecule has 0 saturated heterocycles. The predicted octanol–water partition coefficient (Wildman–Crippen LogP) is -0.463. The summed E-state index contributed by atoms with van der Waals surface area (Å²) < 4.78 is 5.09. The van der Waals surface area contributed by atoms with Gasteiger partial charge in [0.25, 0.3) is 0 Å². The van der Waals surface area contributed by atoms with Gasteiger partial charge >= 0.3 is 5.97 Å². The summed E-state index contributed by atoms with van der Waals surface area (Å²) in [6, 6.07) is 5.93. The summed E-state index contributed by atoms with van der Waals surface area (Å²) in [5.41, 5.74) is 0.274. The molecule has 0 bridgehead atoms. The number of hydrogen-bond acceptors (Lipinski definition) is 5. The molecule has 6 heteroatoms. The van der Waals surface area contributed by atoms with E-state index < -0.39 is 18.2 Å². The molecule has 0 saturated carbocycles. The molecule has 0 spiro atoms. The van der Waals surface area contributed by atoms with Gasteiger partial charge in [-0.25, -0.2) is 4.79 Å². The third-order valence-corrected chi connectivity index (χ3v) is 2.13. The van der Waals surface area contributed by atoms with Crippen LogP contribution in [0.3, 0.4) is 0 Å². The van der Waals surface area contributed by atoms with E-state index in [0.717, 1.165) is 0 Å². The molecule has 1 rings (SSSR count). The van der Waals surface area contributed by atoms with Gasteiger partial charge in [-0.05, 0) is 17.7 Å². The first-order valence-corrected chi connectivity index (χ1v) is 4.99. The van der Waals surface area contributed by atoms with Crippen LogP contribution in [0.5, 0.6) is 5.75 Å².